The Morgan fingerprint density at radius 1 is 0.967 bits per heavy atom. The van der Waals surface area contributed by atoms with Crippen LogP contribution in [-0.2, 0) is 14.3 Å². The molecule has 0 unspecified atom stereocenters. The summed E-state index contributed by atoms with van der Waals surface area (Å²) in [6.45, 7) is 4.34. The van der Waals surface area contributed by atoms with E-state index in [0.29, 0.717) is 19.3 Å². The first-order chi connectivity index (χ1) is 14.1. The summed E-state index contributed by atoms with van der Waals surface area (Å²) in [5.74, 6) is 0.0931. The standard InChI is InChI=1S/C24H38O6/c1-23-9-8-14(25)10-13(23)11-19(27)22-16-5-4-15(18(26)6-7-21(29)30-3)24(16,2)20(28)12-17(22)23/h13-17,19-20,22,25,27-28H,4-12H2,1-3H3/t13-,14+,15+,16-,17-,19-,20-,22-,23-,24+/m0/s1. The normalized spacial score (nSPS) is 50.2. The van der Waals surface area contributed by atoms with Crippen molar-refractivity contribution in [1.29, 1.82) is 0 Å². The molecule has 0 saturated heterocycles. The third-order valence-corrected chi connectivity index (χ3v) is 9.96. The zero-order valence-electron chi connectivity index (χ0n) is 18.5. The van der Waals surface area contributed by atoms with Crippen molar-refractivity contribution in [2.75, 3.05) is 7.11 Å². The molecule has 0 aliphatic heterocycles. The molecular weight excluding hydrogens is 384 g/mol. The van der Waals surface area contributed by atoms with Gasteiger partial charge in [0.1, 0.15) is 5.78 Å². The van der Waals surface area contributed by atoms with E-state index in [4.69, 9.17) is 0 Å². The molecule has 0 aromatic rings. The largest absolute Gasteiger partial charge is 0.469 e. The second-order valence-corrected chi connectivity index (χ2v) is 11.0. The molecule has 10 atom stereocenters. The lowest BCUT2D eigenvalue weighted by Gasteiger charge is -2.63. The van der Waals surface area contributed by atoms with Crippen LogP contribution in [0.5, 0.6) is 0 Å². The van der Waals surface area contributed by atoms with Crippen LogP contribution in [0.4, 0.5) is 0 Å². The van der Waals surface area contributed by atoms with Crippen molar-refractivity contribution in [1.82, 2.24) is 0 Å². The monoisotopic (exact) mass is 422 g/mol. The van der Waals surface area contributed by atoms with Gasteiger partial charge in [0.05, 0.1) is 31.8 Å². The van der Waals surface area contributed by atoms with Crippen molar-refractivity contribution < 1.29 is 29.6 Å². The van der Waals surface area contributed by atoms with E-state index >= 15 is 0 Å². The van der Waals surface area contributed by atoms with Gasteiger partial charge in [-0.2, -0.15) is 0 Å². The fourth-order valence-corrected chi connectivity index (χ4v) is 8.20. The highest BCUT2D eigenvalue weighted by molar-refractivity contribution is 5.85. The van der Waals surface area contributed by atoms with Crippen LogP contribution in [-0.4, -0.2) is 52.5 Å². The molecule has 4 rings (SSSR count). The van der Waals surface area contributed by atoms with Crippen LogP contribution < -0.4 is 0 Å². The maximum absolute atomic E-state index is 13.0. The van der Waals surface area contributed by atoms with Gasteiger partial charge in [-0.05, 0) is 74.0 Å². The third-order valence-electron chi connectivity index (χ3n) is 9.96. The zero-order chi connectivity index (χ0) is 21.8. The minimum absolute atomic E-state index is 0.0262. The molecule has 4 aliphatic carbocycles. The third kappa shape index (κ3) is 3.25. The number of carbonyl (C=O) groups excluding carboxylic acids is 2. The fourth-order valence-electron chi connectivity index (χ4n) is 8.20. The van der Waals surface area contributed by atoms with Crippen molar-refractivity contribution in [2.24, 2.45) is 40.4 Å². The Morgan fingerprint density at radius 2 is 1.70 bits per heavy atom. The van der Waals surface area contributed by atoms with Gasteiger partial charge in [0.15, 0.2) is 0 Å². The Morgan fingerprint density at radius 3 is 2.40 bits per heavy atom. The number of methoxy groups -OCH3 is 1. The molecule has 4 saturated carbocycles. The Bertz CT molecular complexity index is 693. The Labute approximate surface area is 179 Å². The molecule has 0 bridgehead atoms. The topological polar surface area (TPSA) is 104 Å². The van der Waals surface area contributed by atoms with E-state index in [1.54, 1.807) is 0 Å². The molecule has 30 heavy (non-hydrogen) atoms. The van der Waals surface area contributed by atoms with E-state index in [1.807, 2.05) is 6.92 Å². The molecule has 0 spiro atoms. The van der Waals surface area contributed by atoms with E-state index in [0.717, 1.165) is 25.7 Å². The average molecular weight is 423 g/mol. The lowest BCUT2D eigenvalue weighted by Crippen LogP contribution is -2.62. The molecule has 6 heteroatoms. The Balaban J connectivity index is 1.59. The van der Waals surface area contributed by atoms with Gasteiger partial charge < -0.3 is 20.1 Å². The van der Waals surface area contributed by atoms with E-state index in [2.05, 4.69) is 11.7 Å². The molecule has 4 aliphatic rings. The van der Waals surface area contributed by atoms with Crippen molar-refractivity contribution >= 4 is 11.8 Å². The first kappa shape index (κ1) is 22.2. The van der Waals surface area contributed by atoms with Gasteiger partial charge >= 0.3 is 5.97 Å². The van der Waals surface area contributed by atoms with E-state index in [9.17, 15) is 24.9 Å². The minimum atomic E-state index is -0.590. The van der Waals surface area contributed by atoms with Crippen LogP contribution in [0, 0.1) is 40.4 Å². The first-order valence-corrected chi connectivity index (χ1v) is 11.8. The van der Waals surface area contributed by atoms with Crippen molar-refractivity contribution in [3.8, 4) is 0 Å². The summed E-state index contributed by atoms with van der Waals surface area (Å²) in [6.07, 6.45) is 4.25. The van der Waals surface area contributed by atoms with Crippen molar-refractivity contribution in [2.45, 2.75) is 89.9 Å². The molecule has 3 N–H and O–H groups in total. The molecule has 0 aromatic carbocycles. The molecule has 0 radical (unpaired) electrons. The number of hydrogen-bond donors (Lipinski definition) is 3. The molecule has 0 amide bonds. The van der Waals surface area contributed by atoms with Crippen LogP contribution in [0.1, 0.15) is 71.6 Å². The molecule has 4 fully saturated rings. The number of rotatable bonds is 4. The van der Waals surface area contributed by atoms with Gasteiger partial charge in [0.25, 0.3) is 0 Å². The summed E-state index contributed by atoms with van der Waals surface area (Å²) in [7, 11) is 1.33. The number of hydrogen-bond acceptors (Lipinski definition) is 6. The van der Waals surface area contributed by atoms with Gasteiger partial charge in [-0.25, -0.2) is 0 Å². The number of aliphatic hydroxyl groups is 3. The fraction of sp³-hybridized carbons (Fsp3) is 0.917. The van der Waals surface area contributed by atoms with Crippen LogP contribution in [0.2, 0.25) is 0 Å². The summed E-state index contributed by atoms with van der Waals surface area (Å²) in [5, 5.41) is 32.8. The Hall–Kier alpha value is -0.980. The number of ether oxygens (including phenoxy) is 1. The van der Waals surface area contributed by atoms with Gasteiger partial charge in [-0.1, -0.05) is 13.8 Å². The number of ketones is 1. The van der Waals surface area contributed by atoms with Crippen LogP contribution in [0.3, 0.4) is 0 Å². The maximum Gasteiger partial charge on any atom is 0.305 e. The van der Waals surface area contributed by atoms with Gasteiger partial charge in [0, 0.05) is 17.8 Å². The van der Waals surface area contributed by atoms with Crippen LogP contribution in [0.15, 0.2) is 0 Å². The Kier molecular flexibility index (Phi) is 5.82. The highest BCUT2D eigenvalue weighted by Gasteiger charge is 2.66. The number of esters is 1. The highest BCUT2D eigenvalue weighted by atomic mass is 16.5. The quantitative estimate of drug-likeness (QED) is 0.601. The summed E-state index contributed by atoms with van der Waals surface area (Å²) in [5.41, 5.74) is -0.523. The molecule has 0 heterocycles. The molecule has 0 aromatic heterocycles. The second-order valence-electron chi connectivity index (χ2n) is 11.0. The predicted molar refractivity (Wildman–Crippen MR) is 110 cm³/mol. The average Bonchev–Trinajstić information content (AvgIpc) is 3.06. The van der Waals surface area contributed by atoms with Crippen molar-refractivity contribution in [3.05, 3.63) is 0 Å². The number of fused-ring (bicyclic) bond motifs is 5. The molecule has 6 nitrogen and oxygen atoms in total. The highest BCUT2D eigenvalue weighted by Crippen LogP contribution is 2.67. The zero-order valence-corrected chi connectivity index (χ0v) is 18.5. The van der Waals surface area contributed by atoms with Crippen LogP contribution >= 0.6 is 0 Å². The first-order valence-electron chi connectivity index (χ1n) is 11.8. The number of aliphatic hydroxyl groups excluding tert-OH is 3. The van der Waals surface area contributed by atoms with E-state index < -0.39 is 17.6 Å². The van der Waals surface area contributed by atoms with Gasteiger partial charge in [0.2, 0.25) is 0 Å². The van der Waals surface area contributed by atoms with E-state index in [-0.39, 0.29) is 65.7 Å². The summed E-state index contributed by atoms with van der Waals surface area (Å²) < 4.78 is 4.68. The number of Topliss-reactive ketones (excluding diaryl/α,β-unsaturated/α-hetero) is 1. The lowest BCUT2D eigenvalue weighted by molar-refractivity contribution is -0.204. The lowest BCUT2D eigenvalue weighted by atomic mass is 9.43. The maximum atomic E-state index is 13.0. The summed E-state index contributed by atoms with van der Waals surface area (Å²) >= 11 is 0. The predicted octanol–water partition coefficient (Wildman–Crippen LogP) is 2.47. The SMILES string of the molecule is COC(=O)CCC(=O)[C@H]1CC[C@H]2[C@@H]3[C@@H](O)C[C@@H]4C[C@H](O)CC[C@]4(C)[C@H]3C[C@H](O)[C@]12C. The van der Waals surface area contributed by atoms with E-state index in [1.165, 1.54) is 7.11 Å². The van der Waals surface area contributed by atoms with Gasteiger partial charge in [-0.3, -0.25) is 9.59 Å². The number of carbonyl (C=O) groups is 2. The van der Waals surface area contributed by atoms with Gasteiger partial charge in [-0.15, -0.1) is 0 Å². The minimum Gasteiger partial charge on any atom is -0.469 e. The summed E-state index contributed by atoms with van der Waals surface area (Å²) in [6, 6.07) is 0. The second kappa shape index (κ2) is 7.86. The molecule has 170 valence electrons. The van der Waals surface area contributed by atoms with Crippen molar-refractivity contribution in [3.63, 3.8) is 0 Å². The van der Waals surface area contributed by atoms with Crippen LogP contribution in [0.25, 0.3) is 0 Å². The summed E-state index contributed by atoms with van der Waals surface area (Å²) in [4.78, 5) is 24.5. The molecular formula is C24H38O6. The smallest absolute Gasteiger partial charge is 0.305 e.